The molecular weight excluding hydrogens is 304 g/mol. The van der Waals surface area contributed by atoms with Crippen LogP contribution in [0.2, 0.25) is 0 Å². The summed E-state index contributed by atoms with van der Waals surface area (Å²) in [6.45, 7) is 9.15. The fraction of sp³-hybridized carbons (Fsp3) is 0.833. The van der Waals surface area contributed by atoms with E-state index in [4.69, 9.17) is 4.74 Å². The van der Waals surface area contributed by atoms with Crippen molar-refractivity contribution < 1.29 is 4.74 Å². The Labute approximate surface area is 159 Å². The van der Waals surface area contributed by atoms with Gasteiger partial charge in [0.05, 0.1) is 12.5 Å². The topological polar surface area (TPSA) is 9.23 Å². The minimum atomic E-state index is 0.841. The van der Waals surface area contributed by atoms with E-state index >= 15 is 0 Å². The van der Waals surface area contributed by atoms with Gasteiger partial charge in [-0.1, -0.05) is 105 Å². The summed E-state index contributed by atoms with van der Waals surface area (Å²) in [5, 5.41) is 0. The van der Waals surface area contributed by atoms with Gasteiger partial charge in [-0.05, 0) is 36.8 Å². The highest BCUT2D eigenvalue weighted by Crippen LogP contribution is 2.21. The molecule has 0 aliphatic carbocycles. The lowest BCUT2D eigenvalue weighted by Gasteiger charge is -2.13. The molecule has 0 heterocycles. The van der Waals surface area contributed by atoms with Crippen LogP contribution in [0.4, 0.5) is 0 Å². The van der Waals surface area contributed by atoms with Crippen LogP contribution in [0, 0.1) is 11.8 Å². The number of allylic oxidation sites excluding steroid dienone is 2. The van der Waals surface area contributed by atoms with Crippen LogP contribution in [0.25, 0.3) is 0 Å². The van der Waals surface area contributed by atoms with Crippen LogP contribution in [0.3, 0.4) is 0 Å². The van der Waals surface area contributed by atoms with Gasteiger partial charge < -0.3 is 4.74 Å². The molecule has 0 aromatic carbocycles. The molecule has 0 aromatic heterocycles. The van der Waals surface area contributed by atoms with Crippen molar-refractivity contribution in [2.24, 2.45) is 11.8 Å². The first-order valence-electron chi connectivity index (χ1n) is 11.2. The van der Waals surface area contributed by atoms with E-state index in [1.807, 2.05) is 12.5 Å². The van der Waals surface area contributed by atoms with Gasteiger partial charge in [0, 0.05) is 0 Å². The molecular formula is C24H46O. The normalized spacial score (nSPS) is 14.4. The molecule has 1 heteroatoms. The van der Waals surface area contributed by atoms with Crippen LogP contribution >= 0.6 is 0 Å². The maximum Gasteiger partial charge on any atom is 0.0861 e. The van der Waals surface area contributed by atoms with Gasteiger partial charge in [0.15, 0.2) is 0 Å². The Morgan fingerprint density at radius 1 is 0.560 bits per heavy atom. The summed E-state index contributed by atoms with van der Waals surface area (Å²) in [6, 6.07) is 0. The van der Waals surface area contributed by atoms with Crippen molar-refractivity contribution in [3.63, 3.8) is 0 Å². The molecule has 0 bridgehead atoms. The monoisotopic (exact) mass is 350 g/mol. The number of rotatable bonds is 18. The van der Waals surface area contributed by atoms with Crippen molar-refractivity contribution in [2.75, 3.05) is 0 Å². The predicted octanol–water partition coefficient (Wildman–Crippen LogP) is 8.80. The van der Waals surface area contributed by atoms with Crippen LogP contribution < -0.4 is 0 Å². The lowest BCUT2D eigenvalue weighted by Crippen LogP contribution is -1.99. The van der Waals surface area contributed by atoms with E-state index in [2.05, 4.69) is 39.8 Å². The summed E-state index contributed by atoms with van der Waals surface area (Å²) in [5.74, 6) is 1.68. The van der Waals surface area contributed by atoms with Crippen molar-refractivity contribution in [3.05, 3.63) is 24.7 Å². The molecule has 148 valence electrons. The second kappa shape index (κ2) is 19.6. The number of unbranched alkanes of at least 4 members (excludes halogenated alkanes) is 4. The zero-order valence-electron chi connectivity index (χ0n) is 17.8. The third-order valence-corrected chi connectivity index (χ3v) is 5.11. The molecule has 0 N–H and O–H groups in total. The Kier molecular flexibility index (Phi) is 19.0. The SMILES string of the molecule is CCCCCC(CC=COC=CCC(CCC)CCCCC)CCC. The maximum atomic E-state index is 5.58. The molecule has 1 nitrogen and oxygen atoms in total. The van der Waals surface area contributed by atoms with E-state index in [-0.39, 0.29) is 0 Å². The Bertz CT molecular complexity index is 275. The standard InChI is InChI=1S/C24H46O/c1-5-9-11-17-23(15-7-3)19-13-21-25-22-14-20-24(16-8-4)18-12-10-6-2/h13-14,21-24H,5-12,15-20H2,1-4H3. The van der Waals surface area contributed by atoms with Gasteiger partial charge in [-0.3, -0.25) is 0 Å². The Balaban J connectivity index is 3.95. The Hall–Kier alpha value is -0.720. The first-order chi connectivity index (χ1) is 12.3. The summed E-state index contributed by atoms with van der Waals surface area (Å²) < 4.78 is 5.58. The highest BCUT2D eigenvalue weighted by atomic mass is 16.5. The molecule has 0 aliphatic heterocycles. The van der Waals surface area contributed by atoms with E-state index in [0.29, 0.717) is 0 Å². The molecule has 0 amide bonds. The summed E-state index contributed by atoms with van der Waals surface area (Å²) in [4.78, 5) is 0. The maximum absolute atomic E-state index is 5.58. The molecule has 0 saturated carbocycles. The lowest BCUT2D eigenvalue weighted by atomic mass is 9.93. The fourth-order valence-electron chi connectivity index (χ4n) is 3.60. The van der Waals surface area contributed by atoms with Gasteiger partial charge in [0.25, 0.3) is 0 Å². The van der Waals surface area contributed by atoms with Crippen molar-refractivity contribution in [2.45, 2.75) is 118 Å². The molecule has 0 rings (SSSR count). The predicted molar refractivity (Wildman–Crippen MR) is 114 cm³/mol. The van der Waals surface area contributed by atoms with Crippen molar-refractivity contribution in [3.8, 4) is 0 Å². The van der Waals surface area contributed by atoms with E-state index in [1.54, 1.807) is 0 Å². The molecule has 25 heavy (non-hydrogen) atoms. The fourth-order valence-corrected chi connectivity index (χ4v) is 3.60. The van der Waals surface area contributed by atoms with Crippen molar-refractivity contribution in [1.29, 1.82) is 0 Å². The van der Waals surface area contributed by atoms with Gasteiger partial charge in [0.1, 0.15) is 0 Å². The Morgan fingerprint density at radius 3 is 1.36 bits per heavy atom. The first kappa shape index (κ1) is 24.3. The third kappa shape index (κ3) is 16.5. The van der Waals surface area contributed by atoms with Gasteiger partial charge in [-0.2, -0.15) is 0 Å². The summed E-state index contributed by atoms with van der Waals surface area (Å²) in [7, 11) is 0. The van der Waals surface area contributed by atoms with E-state index in [1.165, 1.54) is 89.9 Å². The minimum absolute atomic E-state index is 0.841. The lowest BCUT2D eigenvalue weighted by molar-refractivity contribution is 0.381. The van der Waals surface area contributed by atoms with E-state index < -0.39 is 0 Å². The highest BCUT2D eigenvalue weighted by Gasteiger charge is 2.06. The summed E-state index contributed by atoms with van der Waals surface area (Å²) in [6.07, 6.45) is 26.8. The van der Waals surface area contributed by atoms with Crippen molar-refractivity contribution >= 4 is 0 Å². The van der Waals surface area contributed by atoms with Crippen LogP contribution in [-0.4, -0.2) is 0 Å². The molecule has 0 spiro atoms. The molecule has 0 fully saturated rings. The first-order valence-corrected chi connectivity index (χ1v) is 11.2. The number of hydrogen-bond acceptors (Lipinski definition) is 1. The average Bonchev–Trinajstić information content (AvgIpc) is 2.61. The highest BCUT2D eigenvalue weighted by molar-refractivity contribution is 4.83. The van der Waals surface area contributed by atoms with Gasteiger partial charge in [-0.15, -0.1) is 0 Å². The van der Waals surface area contributed by atoms with Crippen molar-refractivity contribution in [1.82, 2.24) is 0 Å². The van der Waals surface area contributed by atoms with Crippen LogP contribution in [-0.2, 0) is 4.74 Å². The van der Waals surface area contributed by atoms with Crippen LogP contribution in [0.15, 0.2) is 24.7 Å². The van der Waals surface area contributed by atoms with Crippen LogP contribution in [0.5, 0.6) is 0 Å². The molecule has 0 saturated heterocycles. The van der Waals surface area contributed by atoms with Gasteiger partial charge in [-0.25, -0.2) is 0 Å². The average molecular weight is 351 g/mol. The second-order valence-electron chi connectivity index (χ2n) is 7.65. The largest absolute Gasteiger partial charge is 0.473 e. The Morgan fingerprint density at radius 2 is 1.00 bits per heavy atom. The quantitative estimate of drug-likeness (QED) is 0.177. The number of hydrogen-bond donors (Lipinski definition) is 0. The molecule has 0 aromatic rings. The smallest absolute Gasteiger partial charge is 0.0861 e. The third-order valence-electron chi connectivity index (χ3n) is 5.11. The van der Waals surface area contributed by atoms with E-state index in [9.17, 15) is 0 Å². The van der Waals surface area contributed by atoms with Gasteiger partial charge >= 0.3 is 0 Å². The molecule has 2 atom stereocenters. The molecule has 2 unspecified atom stereocenters. The van der Waals surface area contributed by atoms with Gasteiger partial charge in [0.2, 0.25) is 0 Å². The zero-order valence-corrected chi connectivity index (χ0v) is 17.8. The molecule has 0 aliphatic rings. The van der Waals surface area contributed by atoms with E-state index in [0.717, 1.165) is 11.8 Å². The molecule has 0 radical (unpaired) electrons. The summed E-state index contributed by atoms with van der Waals surface area (Å²) >= 11 is 0. The van der Waals surface area contributed by atoms with Crippen LogP contribution in [0.1, 0.15) is 118 Å². The minimum Gasteiger partial charge on any atom is -0.473 e. The second-order valence-corrected chi connectivity index (χ2v) is 7.65. The number of ether oxygens (including phenoxy) is 1. The summed E-state index contributed by atoms with van der Waals surface area (Å²) in [5.41, 5.74) is 0. The zero-order chi connectivity index (χ0) is 18.6.